The van der Waals surface area contributed by atoms with Crippen molar-refractivity contribution in [2.24, 2.45) is 5.92 Å². The van der Waals surface area contributed by atoms with Gasteiger partial charge in [-0.1, -0.05) is 13.3 Å². The number of fused-ring (bicyclic) bond motifs is 1. The highest BCUT2D eigenvalue weighted by Gasteiger charge is 2.25. The molecule has 10 nitrogen and oxygen atoms in total. The van der Waals surface area contributed by atoms with E-state index in [1.165, 1.54) is 6.33 Å². The molecule has 4 rings (SSSR count). The van der Waals surface area contributed by atoms with E-state index in [1.54, 1.807) is 21.7 Å². The molecule has 3 heterocycles. The summed E-state index contributed by atoms with van der Waals surface area (Å²) in [6.07, 6.45) is 6.62. The number of nitrogens with one attached hydrogen (secondary N) is 4. The van der Waals surface area contributed by atoms with Crippen molar-refractivity contribution in [2.75, 3.05) is 30.3 Å². The van der Waals surface area contributed by atoms with E-state index in [2.05, 4.69) is 32.8 Å². The lowest BCUT2D eigenvalue weighted by molar-refractivity contribution is 0.193. The number of amides is 3. The zero-order valence-corrected chi connectivity index (χ0v) is 20.2. The quantitative estimate of drug-likeness (QED) is 0.364. The molecule has 2 aromatic heterocycles. The molecule has 1 aliphatic rings. The van der Waals surface area contributed by atoms with Gasteiger partial charge in [0, 0.05) is 48.7 Å². The monoisotopic (exact) mass is 476 g/mol. The van der Waals surface area contributed by atoms with Gasteiger partial charge in [-0.05, 0) is 56.4 Å². The van der Waals surface area contributed by atoms with Crippen LogP contribution in [0, 0.1) is 11.3 Å². The first kappa shape index (κ1) is 24.2. The Hall–Kier alpha value is -3.95. The van der Waals surface area contributed by atoms with Gasteiger partial charge in [-0.3, -0.25) is 9.88 Å². The SMILES string of the molecule is CCCC(=N)C1CCN(C(=O)Nc2cc(Nc3ccc4c(ccn4C(=O)NCC)c3)ncn2)CC1. The average Bonchev–Trinajstić information content (AvgIpc) is 3.28. The van der Waals surface area contributed by atoms with Gasteiger partial charge in [-0.2, -0.15) is 0 Å². The average molecular weight is 477 g/mol. The molecule has 0 aliphatic carbocycles. The summed E-state index contributed by atoms with van der Waals surface area (Å²) in [5.74, 6) is 1.24. The third kappa shape index (κ3) is 5.76. The highest BCUT2D eigenvalue weighted by molar-refractivity contribution is 5.93. The minimum atomic E-state index is -0.191. The standard InChI is InChI=1S/C25H32N8O2/c1-3-5-20(26)17-8-11-32(12-9-17)25(35)31-23-15-22(28-16-29-23)30-19-6-7-21-18(14-19)10-13-33(21)24(34)27-4-2/h6-7,10,13-17,26H,3-5,8-9,11-12H2,1-2H3,(H,27,34)(H2,28,29,30,31,35). The maximum atomic E-state index is 12.7. The van der Waals surface area contributed by atoms with Gasteiger partial charge in [0.25, 0.3) is 0 Å². The Morgan fingerprint density at radius 2 is 1.83 bits per heavy atom. The van der Waals surface area contributed by atoms with Crippen molar-refractivity contribution < 1.29 is 9.59 Å². The number of aromatic nitrogens is 3. The van der Waals surface area contributed by atoms with Gasteiger partial charge in [0.2, 0.25) is 0 Å². The summed E-state index contributed by atoms with van der Waals surface area (Å²) >= 11 is 0. The molecule has 1 aromatic carbocycles. The van der Waals surface area contributed by atoms with Gasteiger partial charge in [0.05, 0.1) is 5.52 Å². The lowest BCUT2D eigenvalue weighted by Crippen LogP contribution is -2.42. The van der Waals surface area contributed by atoms with Crippen molar-refractivity contribution in [3.63, 3.8) is 0 Å². The van der Waals surface area contributed by atoms with E-state index < -0.39 is 0 Å². The molecule has 0 spiro atoms. The van der Waals surface area contributed by atoms with Gasteiger partial charge in [0.15, 0.2) is 0 Å². The Kier molecular flexibility index (Phi) is 7.59. The van der Waals surface area contributed by atoms with Crippen molar-refractivity contribution in [1.82, 2.24) is 24.8 Å². The lowest BCUT2D eigenvalue weighted by Gasteiger charge is -2.32. The molecule has 10 heteroatoms. The number of carbonyl (C=O) groups is 2. The van der Waals surface area contributed by atoms with Crippen LogP contribution in [0.5, 0.6) is 0 Å². The molecule has 0 saturated carbocycles. The van der Waals surface area contributed by atoms with Crippen LogP contribution in [0.25, 0.3) is 10.9 Å². The highest BCUT2D eigenvalue weighted by atomic mass is 16.2. The molecule has 35 heavy (non-hydrogen) atoms. The summed E-state index contributed by atoms with van der Waals surface area (Å²) in [6.45, 7) is 5.80. The van der Waals surface area contributed by atoms with Gasteiger partial charge in [-0.25, -0.2) is 19.6 Å². The van der Waals surface area contributed by atoms with Crippen molar-refractivity contribution in [2.45, 2.75) is 39.5 Å². The van der Waals surface area contributed by atoms with Gasteiger partial charge in [-0.15, -0.1) is 0 Å². The minimum Gasteiger partial charge on any atom is -0.340 e. The molecular formula is C25H32N8O2. The zero-order valence-electron chi connectivity index (χ0n) is 20.2. The van der Waals surface area contributed by atoms with E-state index in [0.29, 0.717) is 31.3 Å². The lowest BCUT2D eigenvalue weighted by atomic mass is 9.90. The molecule has 1 saturated heterocycles. The molecule has 0 unspecified atom stereocenters. The molecule has 0 bridgehead atoms. The largest absolute Gasteiger partial charge is 0.340 e. The second-order valence-corrected chi connectivity index (χ2v) is 8.68. The molecule has 4 N–H and O–H groups in total. The second kappa shape index (κ2) is 11.0. The van der Waals surface area contributed by atoms with E-state index in [-0.39, 0.29) is 18.0 Å². The molecule has 1 fully saturated rings. The smallest absolute Gasteiger partial charge is 0.326 e. The van der Waals surface area contributed by atoms with Crippen molar-refractivity contribution in [1.29, 1.82) is 5.41 Å². The summed E-state index contributed by atoms with van der Waals surface area (Å²) in [5, 5.41) is 18.0. The van der Waals surface area contributed by atoms with Crippen LogP contribution in [0.1, 0.15) is 39.5 Å². The summed E-state index contributed by atoms with van der Waals surface area (Å²) in [7, 11) is 0. The predicted molar refractivity (Wildman–Crippen MR) is 138 cm³/mol. The Bertz CT molecular complexity index is 1210. The maximum absolute atomic E-state index is 12.7. The third-order valence-electron chi connectivity index (χ3n) is 6.21. The Balaban J connectivity index is 1.37. The minimum absolute atomic E-state index is 0.164. The zero-order chi connectivity index (χ0) is 24.8. The number of hydrogen-bond donors (Lipinski definition) is 4. The molecule has 1 aliphatic heterocycles. The molecular weight excluding hydrogens is 444 g/mol. The first-order chi connectivity index (χ1) is 17.0. The molecule has 0 atom stereocenters. The number of piperidine rings is 1. The van der Waals surface area contributed by atoms with Gasteiger partial charge >= 0.3 is 12.1 Å². The summed E-state index contributed by atoms with van der Waals surface area (Å²) in [5.41, 5.74) is 2.42. The fraction of sp³-hybridized carbons (Fsp3) is 0.400. The number of benzene rings is 1. The number of carbonyl (C=O) groups excluding carboxylic acids is 2. The molecule has 0 radical (unpaired) electrons. The van der Waals surface area contributed by atoms with Gasteiger partial charge < -0.3 is 20.9 Å². The van der Waals surface area contributed by atoms with Gasteiger partial charge in [0.1, 0.15) is 18.0 Å². The van der Waals surface area contributed by atoms with Crippen LogP contribution in [0.2, 0.25) is 0 Å². The number of rotatable bonds is 7. The van der Waals surface area contributed by atoms with Crippen LogP contribution in [0.4, 0.5) is 26.9 Å². The van der Waals surface area contributed by atoms with E-state index in [1.807, 2.05) is 31.2 Å². The van der Waals surface area contributed by atoms with Crippen molar-refractivity contribution in [3.8, 4) is 0 Å². The first-order valence-corrected chi connectivity index (χ1v) is 12.1. The van der Waals surface area contributed by atoms with E-state index in [9.17, 15) is 9.59 Å². The number of urea groups is 1. The van der Waals surface area contributed by atoms with Crippen LogP contribution in [0.15, 0.2) is 42.9 Å². The summed E-state index contributed by atoms with van der Waals surface area (Å²) < 4.78 is 1.58. The fourth-order valence-corrected chi connectivity index (χ4v) is 4.37. The summed E-state index contributed by atoms with van der Waals surface area (Å²) in [6, 6.07) is 8.90. The van der Waals surface area contributed by atoms with Crippen LogP contribution >= 0.6 is 0 Å². The summed E-state index contributed by atoms with van der Waals surface area (Å²) in [4.78, 5) is 35.1. The third-order valence-corrected chi connectivity index (χ3v) is 6.21. The van der Waals surface area contributed by atoms with Crippen LogP contribution < -0.4 is 16.0 Å². The van der Waals surface area contributed by atoms with E-state index >= 15 is 0 Å². The maximum Gasteiger partial charge on any atom is 0.326 e. The van der Waals surface area contributed by atoms with Crippen LogP contribution in [-0.4, -0.2) is 56.8 Å². The topological polar surface area (TPSA) is 128 Å². The predicted octanol–water partition coefficient (Wildman–Crippen LogP) is 4.82. The van der Waals surface area contributed by atoms with E-state index in [0.717, 1.165) is 48.0 Å². The Morgan fingerprint density at radius 3 is 2.57 bits per heavy atom. The Morgan fingerprint density at radius 1 is 1.06 bits per heavy atom. The second-order valence-electron chi connectivity index (χ2n) is 8.68. The number of nitrogens with zero attached hydrogens (tertiary/aromatic N) is 4. The molecule has 3 aromatic rings. The fourth-order valence-electron chi connectivity index (χ4n) is 4.37. The first-order valence-electron chi connectivity index (χ1n) is 12.1. The molecule has 3 amide bonds. The Labute approximate surface area is 204 Å². The van der Waals surface area contributed by atoms with Crippen LogP contribution in [0.3, 0.4) is 0 Å². The highest BCUT2D eigenvalue weighted by Crippen LogP contribution is 2.24. The number of hydrogen-bond acceptors (Lipinski definition) is 6. The van der Waals surface area contributed by atoms with E-state index in [4.69, 9.17) is 5.41 Å². The number of likely N-dealkylation sites (tertiary alicyclic amines) is 1. The molecule has 184 valence electrons. The normalized spacial score (nSPS) is 14.1. The van der Waals surface area contributed by atoms with Crippen LogP contribution in [-0.2, 0) is 0 Å². The number of anilines is 3. The van der Waals surface area contributed by atoms with Crippen molar-refractivity contribution in [3.05, 3.63) is 42.9 Å². The van der Waals surface area contributed by atoms with Crippen molar-refractivity contribution >= 4 is 46.0 Å².